The van der Waals surface area contributed by atoms with Crippen molar-refractivity contribution in [3.8, 4) is 11.8 Å². The average Bonchev–Trinajstić information content (AvgIpc) is 3.53. The lowest BCUT2D eigenvalue weighted by Crippen LogP contribution is -2.37. The number of benzene rings is 1. The van der Waals surface area contributed by atoms with Crippen LogP contribution in [0.2, 0.25) is 0 Å². The van der Waals surface area contributed by atoms with Crippen LogP contribution in [0.3, 0.4) is 0 Å². The summed E-state index contributed by atoms with van der Waals surface area (Å²) in [4.78, 5) is 26.3. The summed E-state index contributed by atoms with van der Waals surface area (Å²) < 4.78 is 12.2. The van der Waals surface area contributed by atoms with Gasteiger partial charge in [-0.15, -0.1) is 0 Å². The molecule has 10 heteroatoms. The summed E-state index contributed by atoms with van der Waals surface area (Å²) in [5, 5.41) is 12.3. The minimum atomic E-state index is -0.647. The molecule has 10 nitrogen and oxygen atoms in total. The second-order valence-corrected chi connectivity index (χ2v) is 7.65. The van der Waals surface area contributed by atoms with Crippen molar-refractivity contribution in [3.05, 3.63) is 53.9 Å². The van der Waals surface area contributed by atoms with Crippen LogP contribution < -0.4 is 11.1 Å². The Morgan fingerprint density at radius 2 is 2.24 bits per heavy atom. The number of hydrogen-bond acceptors (Lipinski definition) is 7. The second-order valence-electron chi connectivity index (χ2n) is 7.65. The normalized spacial score (nSPS) is 17.6. The Hall–Kier alpha value is -4.10. The molecular weight excluding hydrogens is 424 g/mol. The number of nitrogens with zero attached hydrogens (tertiary/aromatic N) is 4. The van der Waals surface area contributed by atoms with Gasteiger partial charge in [-0.05, 0) is 36.6 Å². The number of primary amides is 1. The van der Waals surface area contributed by atoms with Crippen molar-refractivity contribution in [1.82, 2.24) is 19.8 Å². The summed E-state index contributed by atoms with van der Waals surface area (Å²) in [5.74, 6) is 5.59. The first-order chi connectivity index (χ1) is 16.0. The molecule has 4 rings (SSSR count). The summed E-state index contributed by atoms with van der Waals surface area (Å²) in [7, 11) is 3.27. The molecule has 3 heterocycles. The van der Waals surface area contributed by atoms with Gasteiger partial charge in [0, 0.05) is 31.7 Å². The Labute approximate surface area is 190 Å². The molecule has 1 aliphatic heterocycles. The number of amides is 2. The van der Waals surface area contributed by atoms with Crippen LogP contribution in [0.5, 0.6) is 0 Å². The van der Waals surface area contributed by atoms with E-state index < -0.39 is 5.91 Å². The van der Waals surface area contributed by atoms with Gasteiger partial charge in [-0.1, -0.05) is 17.7 Å². The maximum absolute atomic E-state index is 12.3. The van der Waals surface area contributed by atoms with Gasteiger partial charge in [-0.3, -0.25) is 9.59 Å². The molecule has 0 unspecified atom stereocenters. The number of nitrogens with two attached hydrogens (primary N) is 1. The zero-order chi connectivity index (χ0) is 23.5. The molecule has 0 aliphatic carbocycles. The van der Waals surface area contributed by atoms with Crippen molar-refractivity contribution < 1.29 is 18.8 Å². The first-order valence-corrected chi connectivity index (χ1v) is 10.3. The molecular formula is C23H24N6O4. The highest BCUT2D eigenvalue weighted by atomic mass is 16.5. The van der Waals surface area contributed by atoms with Gasteiger partial charge in [-0.25, -0.2) is 4.68 Å². The smallest absolute Gasteiger partial charge is 0.255 e. The maximum Gasteiger partial charge on any atom is 0.255 e. The number of methoxy groups -OCH3 is 1. The summed E-state index contributed by atoms with van der Waals surface area (Å²) in [5.41, 5.74) is 7.42. The molecule has 3 N–H and O–H groups in total. The number of hydrogen-bond donors (Lipinski definition) is 2. The molecule has 2 aromatic heterocycles. The van der Waals surface area contributed by atoms with Gasteiger partial charge in [0.15, 0.2) is 11.3 Å². The Kier molecular flexibility index (Phi) is 6.15. The van der Waals surface area contributed by atoms with Crippen LogP contribution in [0.1, 0.15) is 34.1 Å². The molecule has 1 fully saturated rings. The van der Waals surface area contributed by atoms with Crippen molar-refractivity contribution in [1.29, 1.82) is 0 Å². The summed E-state index contributed by atoms with van der Waals surface area (Å²) >= 11 is 0. The summed E-state index contributed by atoms with van der Waals surface area (Å²) in [6.07, 6.45) is 3.50. The molecule has 0 spiro atoms. The number of anilines is 1. The summed E-state index contributed by atoms with van der Waals surface area (Å²) in [6, 6.07) is 5.11. The monoisotopic (exact) mass is 448 g/mol. The van der Waals surface area contributed by atoms with Gasteiger partial charge in [0.25, 0.3) is 5.91 Å². The lowest BCUT2D eigenvalue weighted by atomic mass is 10.1. The number of rotatable bonds is 6. The van der Waals surface area contributed by atoms with E-state index in [1.807, 2.05) is 12.1 Å². The SMILES string of the molecule is C=CC(=O)N1C[C@@H](n2nc(C#Cc3ccc4cnoc4c3)c(C(N)=O)c2NC)C[C@H]1COC. The minimum Gasteiger partial charge on any atom is -0.383 e. The van der Waals surface area contributed by atoms with Crippen LogP contribution in [-0.2, 0) is 9.53 Å². The van der Waals surface area contributed by atoms with Crippen molar-refractivity contribution in [2.24, 2.45) is 5.73 Å². The molecule has 0 saturated carbocycles. The van der Waals surface area contributed by atoms with E-state index in [0.717, 1.165) is 5.39 Å². The Balaban J connectivity index is 1.72. The number of aromatic nitrogens is 3. The molecule has 33 heavy (non-hydrogen) atoms. The third kappa shape index (κ3) is 4.18. The molecule has 1 aliphatic rings. The fourth-order valence-corrected chi connectivity index (χ4v) is 4.13. The minimum absolute atomic E-state index is 0.139. The van der Waals surface area contributed by atoms with Crippen molar-refractivity contribution >= 4 is 28.6 Å². The topological polar surface area (TPSA) is 129 Å². The lowest BCUT2D eigenvalue weighted by Gasteiger charge is -2.22. The van der Waals surface area contributed by atoms with E-state index in [0.29, 0.717) is 36.5 Å². The van der Waals surface area contributed by atoms with E-state index in [1.54, 1.807) is 36.0 Å². The average molecular weight is 448 g/mol. The van der Waals surface area contributed by atoms with E-state index in [2.05, 4.69) is 34.0 Å². The maximum atomic E-state index is 12.3. The van der Waals surface area contributed by atoms with Crippen molar-refractivity contribution in [3.63, 3.8) is 0 Å². The number of carbonyl (C=O) groups excluding carboxylic acids is 2. The molecule has 2 atom stereocenters. The highest BCUT2D eigenvalue weighted by Gasteiger charge is 2.37. The van der Waals surface area contributed by atoms with E-state index >= 15 is 0 Å². The molecule has 3 aromatic rings. The van der Waals surface area contributed by atoms with Gasteiger partial charge in [-0.2, -0.15) is 5.10 Å². The Morgan fingerprint density at radius 3 is 2.94 bits per heavy atom. The number of fused-ring (bicyclic) bond motifs is 1. The highest BCUT2D eigenvalue weighted by molar-refractivity contribution is 6.00. The summed E-state index contributed by atoms with van der Waals surface area (Å²) in [6.45, 7) is 4.36. The zero-order valence-electron chi connectivity index (χ0n) is 18.4. The van der Waals surface area contributed by atoms with Gasteiger partial charge in [0.2, 0.25) is 5.91 Å². The van der Waals surface area contributed by atoms with Gasteiger partial charge in [0.1, 0.15) is 11.4 Å². The standard InChI is InChI=1S/C23H24N6O4/c1-4-20(30)28-12-16(10-17(28)13-32-3)29-23(25-2)21(22(24)31)18(27-29)8-6-14-5-7-15-11-26-33-19(15)9-14/h4-5,7,9,11,16-17,25H,1,10,12-13H2,2-3H3,(H2,24,31)/t16-,17-/m0/s1. The third-order valence-corrected chi connectivity index (χ3v) is 5.63. The number of carbonyl (C=O) groups is 2. The zero-order valence-corrected chi connectivity index (χ0v) is 18.4. The Bertz CT molecular complexity index is 1280. The molecule has 1 aromatic carbocycles. The molecule has 1 saturated heterocycles. The molecule has 170 valence electrons. The predicted octanol–water partition coefficient (Wildman–Crippen LogP) is 1.54. The number of likely N-dealkylation sites (tertiary alicyclic amines) is 1. The highest BCUT2D eigenvalue weighted by Crippen LogP contribution is 2.32. The lowest BCUT2D eigenvalue weighted by molar-refractivity contribution is -0.127. The van der Waals surface area contributed by atoms with Gasteiger partial charge >= 0.3 is 0 Å². The van der Waals surface area contributed by atoms with E-state index in [-0.39, 0.29) is 29.2 Å². The van der Waals surface area contributed by atoms with Crippen molar-refractivity contribution in [2.75, 3.05) is 32.6 Å². The second kappa shape index (κ2) is 9.18. The van der Waals surface area contributed by atoms with Gasteiger partial charge in [0.05, 0.1) is 24.9 Å². The molecule has 2 amide bonds. The predicted molar refractivity (Wildman–Crippen MR) is 122 cm³/mol. The fourth-order valence-electron chi connectivity index (χ4n) is 4.13. The van der Waals surface area contributed by atoms with Crippen LogP contribution in [0.25, 0.3) is 11.0 Å². The van der Waals surface area contributed by atoms with E-state index in [4.69, 9.17) is 15.0 Å². The van der Waals surface area contributed by atoms with Crippen LogP contribution in [-0.4, -0.2) is 65.0 Å². The molecule has 0 bridgehead atoms. The van der Waals surface area contributed by atoms with Crippen LogP contribution in [0, 0.1) is 11.8 Å². The first kappa shape index (κ1) is 22.1. The van der Waals surface area contributed by atoms with Crippen molar-refractivity contribution in [2.45, 2.75) is 18.5 Å². The first-order valence-electron chi connectivity index (χ1n) is 10.3. The van der Waals surface area contributed by atoms with Crippen LogP contribution in [0.4, 0.5) is 5.82 Å². The third-order valence-electron chi connectivity index (χ3n) is 5.63. The quantitative estimate of drug-likeness (QED) is 0.432. The largest absolute Gasteiger partial charge is 0.383 e. The van der Waals surface area contributed by atoms with E-state index in [1.165, 1.54) is 6.08 Å². The number of nitrogens with one attached hydrogen (secondary N) is 1. The fraction of sp³-hybridized carbons (Fsp3) is 0.304. The Morgan fingerprint density at radius 1 is 1.42 bits per heavy atom. The van der Waals surface area contributed by atoms with E-state index in [9.17, 15) is 9.59 Å². The number of ether oxygens (including phenoxy) is 1. The van der Waals surface area contributed by atoms with Crippen LogP contribution >= 0.6 is 0 Å². The van der Waals surface area contributed by atoms with Crippen LogP contribution in [0.15, 0.2) is 41.6 Å². The molecule has 0 radical (unpaired) electrons. The van der Waals surface area contributed by atoms with Gasteiger partial charge < -0.3 is 25.2 Å².